The van der Waals surface area contributed by atoms with E-state index < -0.39 is 0 Å². The van der Waals surface area contributed by atoms with Gasteiger partial charge < -0.3 is 4.90 Å². The number of amides is 1. The van der Waals surface area contributed by atoms with E-state index in [9.17, 15) is 4.79 Å². The first-order chi connectivity index (χ1) is 5.25. The fourth-order valence-corrected chi connectivity index (χ4v) is 1.33. The van der Waals surface area contributed by atoms with Crippen LogP contribution in [0.3, 0.4) is 0 Å². The molecule has 3 nitrogen and oxygen atoms in total. The first-order valence-electron chi connectivity index (χ1n) is 4.24. The number of carbonyl (C=O) groups is 1. The maximum absolute atomic E-state index is 11.0. The van der Waals surface area contributed by atoms with Crippen LogP contribution in [0.5, 0.6) is 0 Å². The summed E-state index contributed by atoms with van der Waals surface area (Å²) in [6, 6.07) is 0. The van der Waals surface area contributed by atoms with Crippen molar-refractivity contribution in [2.45, 2.75) is 32.4 Å². The van der Waals surface area contributed by atoms with Gasteiger partial charge in [-0.05, 0) is 6.42 Å². The number of unbranched alkanes of at least 4 members (excludes halogenated alkanes) is 1. The van der Waals surface area contributed by atoms with Crippen molar-refractivity contribution in [3.8, 4) is 0 Å². The second kappa shape index (κ2) is 3.72. The molecular formula is C8H16N2O. The van der Waals surface area contributed by atoms with Gasteiger partial charge in [0.1, 0.15) is 0 Å². The van der Waals surface area contributed by atoms with Crippen LogP contribution >= 0.6 is 0 Å². The van der Waals surface area contributed by atoms with Crippen molar-refractivity contribution in [1.82, 2.24) is 10.2 Å². The van der Waals surface area contributed by atoms with Crippen molar-refractivity contribution in [2.24, 2.45) is 0 Å². The molecule has 0 spiro atoms. The number of hydrogen-bond donors (Lipinski definition) is 1. The molecule has 0 radical (unpaired) electrons. The molecule has 0 aromatic rings. The summed E-state index contributed by atoms with van der Waals surface area (Å²) in [7, 11) is 1.86. The van der Waals surface area contributed by atoms with Crippen LogP contribution in [0.25, 0.3) is 0 Å². The highest BCUT2D eigenvalue weighted by atomic mass is 16.2. The molecule has 1 saturated heterocycles. The van der Waals surface area contributed by atoms with Crippen LogP contribution in [-0.2, 0) is 4.79 Å². The van der Waals surface area contributed by atoms with E-state index in [1.165, 1.54) is 12.8 Å². The minimum Gasteiger partial charge on any atom is -0.329 e. The Bertz CT molecular complexity index is 147. The molecule has 0 aromatic carbocycles. The topological polar surface area (TPSA) is 32.3 Å². The average Bonchev–Trinajstić information content (AvgIpc) is 2.31. The zero-order chi connectivity index (χ0) is 8.27. The predicted octanol–water partition coefficient (Wildman–Crippen LogP) is 0.564. The molecule has 1 rings (SSSR count). The maximum Gasteiger partial charge on any atom is 0.237 e. The van der Waals surface area contributed by atoms with Crippen LogP contribution in [0.2, 0.25) is 0 Å². The molecule has 0 aromatic heterocycles. The summed E-state index contributed by atoms with van der Waals surface area (Å²) >= 11 is 0. The average molecular weight is 156 g/mol. The third-order valence-corrected chi connectivity index (χ3v) is 2.18. The minimum atomic E-state index is 0.214. The molecule has 0 saturated carbocycles. The molecule has 0 bridgehead atoms. The molecule has 64 valence electrons. The third-order valence-electron chi connectivity index (χ3n) is 2.18. The van der Waals surface area contributed by atoms with Gasteiger partial charge in [-0.2, -0.15) is 0 Å². The molecule has 11 heavy (non-hydrogen) atoms. The van der Waals surface area contributed by atoms with Crippen LogP contribution in [0.15, 0.2) is 0 Å². The normalized spacial score (nSPS) is 24.7. The Balaban J connectivity index is 2.30. The Morgan fingerprint density at radius 1 is 1.73 bits per heavy atom. The number of carbonyl (C=O) groups excluding carboxylic acids is 1. The van der Waals surface area contributed by atoms with E-state index in [-0.39, 0.29) is 5.91 Å². The van der Waals surface area contributed by atoms with Crippen LogP contribution < -0.4 is 5.32 Å². The number of nitrogens with zero attached hydrogens (tertiary/aromatic N) is 1. The zero-order valence-electron chi connectivity index (χ0n) is 7.26. The lowest BCUT2D eigenvalue weighted by atomic mass is 10.2. The van der Waals surface area contributed by atoms with Gasteiger partial charge in [0.05, 0.1) is 12.7 Å². The summed E-state index contributed by atoms with van der Waals surface area (Å²) in [6.07, 6.45) is 3.76. The van der Waals surface area contributed by atoms with Crippen LogP contribution in [0.4, 0.5) is 0 Å². The van der Waals surface area contributed by atoms with Crippen LogP contribution in [0.1, 0.15) is 26.2 Å². The molecule has 1 heterocycles. The van der Waals surface area contributed by atoms with Gasteiger partial charge in [0.2, 0.25) is 5.91 Å². The van der Waals surface area contributed by atoms with Crippen molar-refractivity contribution in [3.63, 3.8) is 0 Å². The SMILES string of the molecule is CCCC[C@H]1NCC(=O)N1C. The van der Waals surface area contributed by atoms with E-state index in [1.807, 2.05) is 7.05 Å². The standard InChI is InChI=1S/C8H16N2O/c1-3-4-5-7-9-6-8(11)10(7)2/h7,9H,3-6H2,1-2H3/t7-/m0/s1. The first-order valence-corrected chi connectivity index (χ1v) is 4.24. The van der Waals surface area contributed by atoms with Gasteiger partial charge in [0.25, 0.3) is 0 Å². The van der Waals surface area contributed by atoms with Crippen LogP contribution in [0, 0.1) is 0 Å². The quantitative estimate of drug-likeness (QED) is 0.647. The predicted molar refractivity (Wildman–Crippen MR) is 44.1 cm³/mol. The van der Waals surface area contributed by atoms with Crippen molar-refractivity contribution in [3.05, 3.63) is 0 Å². The lowest BCUT2D eigenvalue weighted by molar-refractivity contribution is -0.126. The summed E-state index contributed by atoms with van der Waals surface area (Å²) in [5, 5.41) is 3.17. The smallest absolute Gasteiger partial charge is 0.237 e. The van der Waals surface area contributed by atoms with Gasteiger partial charge in [-0.3, -0.25) is 10.1 Å². The second-order valence-corrected chi connectivity index (χ2v) is 3.04. The van der Waals surface area contributed by atoms with Crippen molar-refractivity contribution in [1.29, 1.82) is 0 Å². The van der Waals surface area contributed by atoms with E-state index in [4.69, 9.17) is 0 Å². The molecule has 1 amide bonds. The molecule has 1 fully saturated rings. The number of rotatable bonds is 3. The molecular weight excluding hydrogens is 140 g/mol. The molecule has 1 aliphatic rings. The lowest BCUT2D eigenvalue weighted by Gasteiger charge is -2.18. The first kappa shape index (κ1) is 8.53. The zero-order valence-corrected chi connectivity index (χ0v) is 7.26. The van der Waals surface area contributed by atoms with E-state index in [1.54, 1.807) is 4.90 Å². The molecule has 1 aliphatic heterocycles. The molecule has 1 N–H and O–H groups in total. The van der Waals surface area contributed by atoms with Gasteiger partial charge in [-0.15, -0.1) is 0 Å². The van der Waals surface area contributed by atoms with E-state index in [0.717, 1.165) is 6.42 Å². The van der Waals surface area contributed by atoms with Crippen LogP contribution in [-0.4, -0.2) is 30.6 Å². The van der Waals surface area contributed by atoms with Crippen molar-refractivity contribution < 1.29 is 4.79 Å². The second-order valence-electron chi connectivity index (χ2n) is 3.04. The van der Waals surface area contributed by atoms with Crippen molar-refractivity contribution >= 4 is 5.91 Å². The van der Waals surface area contributed by atoms with Gasteiger partial charge in [0.15, 0.2) is 0 Å². The van der Waals surface area contributed by atoms with E-state index in [0.29, 0.717) is 12.7 Å². The maximum atomic E-state index is 11.0. The Morgan fingerprint density at radius 2 is 2.45 bits per heavy atom. The van der Waals surface area contributed by atoms with Gasteiger partial charge in [-0.25, -0.2) is 0 Å². The third kappa shape index (κ3) is 1.93. The van der Waals surface area contributed by atoms with Gasteiger partial charge in [-0.1, -0.05) is 19.8 Å². The Morgan fingerprint density at radius 3 is 2.91 bits per heavy atom. The van der Waals surface area contributed by atoms with E-state index >= 15 is 0 Å². The lowest BCUT2D eigenvalue weighted by Crippen LogP contribution is -2.33. The molecule has 0 aliphatic carbocycles. The summed E-state index contributed by atoms with van der Waals surface area (Å²) in [5.74, 6) is 0.214. The highest BCUT2D eigenvalue weighted by molar-refractivity contribution is 5.80. The number of nitrogens with one attached hydrogen (secondary N) is 1. The molecule has 0 unspecified atom stereocenters. The highest BCUT2D eigenvalue weighted by Crippen LogP contribution is 2.08. The monoisotopic (exact) mass is 156 g/mol. The summed E-state index contributed by atoms with van der Waals surface area (Å²) in [5.41, 5.74) is 0. The van der Waals surface area contributed by atoms with E-state index in [2.05, 4.69) is 12.2 Å². The summed E-state index contributed by atoms with van der Waals surface area (Å²) in [6.45, 7) is 2.68. The molecule has 1 atom stereocenters. The molecule has 3 heteroatoms. The Hall–Kier alpha value is -0.570. The fourth-order valence-electron chi connectivity index (χ4n) is 1.33. The largest absolute Gasteiger partial charge is 0.329 e. The number of hydrogen-bond acceptors (Lipinski definition) is 2. The van der Waals surface area contributed by atoms with Gasteiger partial charge in [0, 0.05) is 7.05 Å². The fraction of sp³-hybridized carbons (Fsp3) is 0.875. The summed E-state index contributed by atoms with van der Waals surface area (Å²) < 4.78 is 0. The highest BCUT2D eigenvalue weighted by Gasteiger charge is 2.25. The minimum absolute atomic E-state index is 0.214. The summed E-state index contributed by atoms with van der Waals surface area (Å²) in [4.78, 5) is 12.8. The van der Waals surface area contributed by atoms with Gasteiger partial charge >= 0.3 is 0 Å². The number of likely N-dealkylation sites (N-methyl/N-ethyl adjacent to an activating group) is 1. The Labute approximate surface area is 67.8 Å². The van der Waals surface area contributed by atoms with Crippen molar-refractivity contribution in [2.75, 3.05) is 13.6 Å². The Kier molecular flexibility index (Phi) is 2.88.